The Morgan fingerprint density at radius 2 is 2.10 bits per heavy atom. The van der Waals surface area contributed by atoms with E-state index in [4.69, 9.17) is 21.1 Å². The molecule has 2 saturated heterocycles. The molecule has 3 aliphatic heterocycles. The van der Waals surface area contributed by atoms with Crippen molar-refractivity contribution in [3.05, 3.63) is 47.0 Å². The highest BCUT2D eigenvalue weighted by Gasteiger charge is 2.53. The first-order chi connectivity index (χ1) is 13.9. The molecule has 3 aliphatic rings. The van der Waals surface area contributed by atoms with E-state index < -0.39 is 0 Å². The molecule has 0 saturated carbocycles. The summed E-state index contributed by atoms with van der Waals surface area (Å²) >= 11 is 6.25. The van der Waals surface area contributed by atoms with E-state index in [1.165, 1.54) is 0 Å². The predicted octanol–water partition coefficient (Wildman–Crippen LogP) is 4.23. The van der Waals surface area contributed by atoms with Crippen molar-refractivity contribution in [1.82, 2.24) is 14.9 Å². The van der Waals surface area contributed by atoms with Gasteiger partial charge in [-0.05, 0) is 56.7 Å². The van der Waals surface area contributed by atoms with Crippen LogP contribution in [0.3, 0.4) is 0 Å². The van der Waals surface area contributed by atoms with Crippen molar-refractivity contribution in [3.8, 4) is 5.75 Å². The maximum atomic E-state index is 12.6. The molecule has 0 aliphatic carbocycles. The van der Waals surface area contributed by atoms with Gasteiger partial charge in [0, 0.05) is 42.0 Å². The minimum atomic E-state index is -0.319. The van der Waals surface area contributed by atoms with Crippen molar-refractivity contribution in [2.24, 2.45) is 11.3 Å². The summed E-state index contributed by atoms with van der Waals surface area (Å²) in [5.74, 6) is 1.51. The molecule has 29 heavy (non-hydrogen) atoms. The number of nitrogens with one attached hydrogen (secondary N) is 1. The van der Waals surface area contributed by atoms with Gasteiger partial charge in [0.1, 0.15) is 11.4 Å². The Balaban J connectivity index is 1.34. The number of carbonyl (C=O) groups is 1. The number of aromatic amines is 1. The number of amides is 1. The van der Waals surface area contributed by atoms with Crippen molar-refractivity contribution >= 4 is 17.5 Å². The quantitative estimate of drug-likeness (QED) is 0.756. The summed E-state index contributed by atoms with van der Waals surface area (Å²) in [5, 5.41) is 0.708. The molecule has 0 bridgehead atoms. The number of fused-ring (bicyclic) bond motifs is 3. The second-order valence-electron chi connectivity index (χ2n) is 9.16. The number of piperidine rings is 1. The number of carbonyl (C=O) groups excluding carboxylic acids is 1. The van der Waals surface area contributed by atoms with Crippen LogP contribution in [0, 0.1) is 11.3 Å². The van der Waals surface area contributed by atoms with Gasteiger partial charge in [0.2, 0.25) is 0 Å². The van der Waals surface area contributed by atoms with Gasteiger partial charge in [-0.25, -0.2) is 4.98 Å². The summed E-state index contributed by atoms with van der Waals surface area (Å²) in [5.41, 5.74) is 0.819. The predicted molar refractivity (Wildman–Crippen MR) is 109 cm³/mol. The Hall–Kier alpha value is -2.05. The number of likely N-dealkylation sites (tertiary alicyclic amines) is 1. The number of benzene rings is 1. The maximum absolute atomic E-state index is 12.6. The number of aromatic nitrogens is 2. The second kappa shape index (κ2) is 6.74. The van der Waals surface area contributed by atoms with Crippen molar-refractivity contribution < 1.29 is 14.3 Å². The normalized spacial score (nSPS) is 27.1. The largest absolute Gasteiger partial charge is 0.487 e. The number of hydrogen-bond acceptors (Lipinski definition) is 4. The molecule has 1 N–H and O–H groups in total. The van der Waals surface area contributed by atoms with Gasteiger partial charge in [-0.2, -0.15) is 0 Å². The van der Waals surface area contributed by atoms with Crippen molar-refractivity contribution in [3.63, 3.8) is 0 Å². The van der Waals surface area contributed by atoms with E-state index >= 15 is 0 Å². The van der Waals surface area contributed by atoms with Crippen LogP contribution >= 0.6 is 11.6 Å². The molecular weight excluding hydrogens is 390 g/mol. The molecule has 7 heteroatoms. The van der Waals surface area contributed by atoms with Gasteiger partial charge in [-0.15, -0.1) is 0 Å². The number of halogens is 1. The summed E-state index contributed by atoms with van der Waals surface area (Å²) in [6, 6.07) is 5.79. The molecule has 4 heterocycles. The van der Waals surface area contributed by atoms with E-state index in [0.717, 1.165) is 43.7 Å². The summed E-state index contributed by atoms with van der Waals surface area (Å²) in [7, 11) is 0. The zero-order chi connectivity index (χ0) is 20.2. The third-order valence-electron chi connectivity index (χ3n) is 6.94. The summed E-state index contributed by atoms with van der Waals surface area (Å²) in [6.07, 6.45) is 6.19. The molecule has 2 aromatic rings. The molecule has 0 unspecified atom stereocenters. The first-order valence-electron chi connectivity index (χ1n) is 10.3. The van der Waals surface area contributed by atoms with E-state index in [1.807, 2.05) is 23.1 Å². The Morgan fingerprint density at radius 1 is 1.31 bits per heavy atom. The Kier molecular flexibility index (Phi) is 4.40. The van der Waals surface area contributed by atoms with Crippen LogP contribution in [-0.2, 0) is 4.74 Å². The molecule has 1 spiro atoms. The van der Waals surface area contributed by atoms with E-state index in [-0.39, 0.29) is 28.9 Å². The molecule has 154 valence electrons. The summed E-state index contributed by atoms with van der Waals surface area (Å²) in [6.45, 7) is 6.47. The van der Waals surface area contributed by atoms with Crippen molar-refractivity contribution in [2.45, 2.75) is 44.8 Å². The molecular formula is C22H26ClN3O3. The number of hydrogen-bond donors (Lipinski definition) is 1. The SMILES string of the molecule is CC1(C)Oc2ccc(Cl)cc2[C@H]2OCC3(CCN(C(=O)c4ncc[nH]4)CC3)C[C@@H]21. The monoisotopic (exact) mass is 415 g/mol. The average molecular weight is 416 g/mol. The topological polar surface area (TPSA) is 67.5 Å². The van der Waals surface area contributed by atoms with Crippen LogP contribution in [0.15, 0.2) is 30.6 Å². The molecule has 1 aromatic heterocycles. The van der Waals surface area contributed by atoms with Gasteiger partial charge in [0.05, 0.1) is 12.7 Å². The smallest absolute Gasteiger partial charge is 0.289 e. The van der Waals surface area contributed by atoms with Gasteiger partial charge < -0.3 is 19.4 Å². The highest BCUT2D eigenvalue weighted by Crippen LogP contribution is 2.55. The van der Waals surface area contributed by atoms with Crippen LogP contribution in [-0.4, -0.2) is 46.1 Å². The zero-order valence-electron chi connectivity index (χ0n) is 16.8. The fraction of sp³-hybridized carbons (Fsp3) is 0.545. The molecule has 1 aromatic carbocycles. The van der Waals surface area contributed by atoms with E-state index in [0.29, 0.717) is 17.5 Å². The minimum absolute atomic E-state index is 0.000792. The van der Waals surface area contributed by atoms with Crippen LogP contribution in [0.2, 0.25) is 5.02 Å². The lowest BCUT2D eigenvalue weighted by Gasteiger charge is -2.54. The van der Waals surface area contributed by atoms with E-state index in [1.54, 1.807) is 12.4 Å². The molecule has 2 fully saturated rings. The van der Waals surface area contributed by atoms with Crippen LogP contribution < -0.4 is 4.74 Å². The Bertz CT molecular complexity index is 919. The number of nitrogens with zero attached hydrogens (tertiary/aromatic N) is 2. The zero-order valence-corrected chi connectivity index (χ0v) is 17.5. The second-order valence-corrected chi connectivity index (χ2v) is 9.60. The lowest BCUT2D eigenvalue weighted by Crippen LogP contribution is -2.54. The van der Waals surface area contributed by atoms with Gasteiger partial charge >= 0.3 is 0 Å². The van der Waals surface area contributed by atoms with E-state index in [2.05, 4.69) is 23.8 Å². The summed E-state index contributed by atoms with van der Waals surface area (Å²) in [4.78, 5) is 21.5. The van der Waals surface area contributed by atoms with Gasteiger partial charge in [-0.3, -0.25) is 4.79 Å². The summed E-state index contributed by atoms with van der Waals surface area (Å²) < 4.78 is 12.9. The van der Waals surface area contributed by atoms with Gasteiger partial charge in [0.15, 0.2) is 5.82 Å². The van der Waals surface area contributed by atoms with Crippen LogP contribution in [0.25, 0.3) is 0 Å². The highest BCUT2D eigenvalue weighted by molar-refractivity contribution is 6.30. The highest BCUT2D eigenvalue weighted by atomic mass is 35.5. The first-order valence-corrected chi connectivity index (χ1v) is 10.6. The van der Waals surface area contributed by atoms with E-state index in [9.17, 15) is 4.79 Å². The lowest BCUT2D eigenvalue weighted by atomic mass is 9.64. The fourth-order valence-corrected chi connectivity index (χ4v) is 5.37. The van der Waals surface area contributed by atoms with Crippen molar-refractivity contribution in [1.29, 1.82) is 0 Å². The number of imidazole rings is 1. The third kappa shape index (κ3) is 3.22. The minimum Gasteiger partial charge on any atom is -0.487 e. The first kappa shape index (κ1) is 18.9. The van der Waals surface area contributed by atoms with Gasteiger partial charge in [-0.1, -0.05) is 11.6 Å². The van der Waals surface area contributed by atoms with Crippen molar-refractivity contribution in [2.75, 3.05) is 19.7 Å². The number of rotatable bonds is 1. The van der Waals surface area contributed by atoms with Gasteiger partial charge in [0.25, 0.3) is 5.91 Å². The van der Waals surface area contributed by atoms with Crippen LogP contribution in [0.5, 0.6) is 5.75 Å². The molecule has 6 nitrogen and oxygen atoms in total. The molecule has 5 rings (SSSR count). The fourth-order valence-electron chi connectivity index (χ4n) is 5.19. The van der Waals surface area contributed by atoms with Crippen LogP contribution in [0.4, 0.5) is 0 Å². The standard InChI is InChI=1S/C22H26ClN3O3/c1-21(2)16-12-22(5-9-26(10-6-22)20(27)19-24-7-8-25-19)13-28-18(16)15-11-14(23)3-4-17(15)29-21/h3-4,7-8,11,16,18H,5-6,9-10,12-13H2,1-2H3,(H,24,25)/t16-,18+/m0/s1. The Morgan fingerprint density at radius 3 is 2.83 bits per heavy atom. The third-order valence-corrected chi connectivity index (χ3v) is 7.18. The van der Waals surface area contributed by atoms with Crippen LogP contribution in [0.1, 0.15) is 55.4 Å². The average Bonchev–Trinajstić information content (AvgIpc) is 3.24. The Labute approximate surface area is 175 Å². The lowest BCUT2D eigenvalue weighted by molar-refractivity contribution is -0.173. The molecule has 1 amide bonds. The molecule has 2 atom stereocenters. The molecule has 0 radical (unpaired) electrons. The maximum Gasteiger partial charge on any atom is 0.289 e. The number of H-pyrrole nitrogens is 1. The number of ether oxygens (including phenoxy) is 2.